The van der Waals surface area contributed by atoms with Gasteiger partial charge in [-0.15, -0.1) is 0 Å². The quantitative estimate of drug-likeness (QED) is 0.448. The summed E-state index contributed by atoms with van der Waals surface area (Å²) in [6.45, 7) is 3.94. The van der Waals surface area contributed by atoms with E-state index in [1.165, 1.54) is 0 Å². The maximum absolute atomic E-state index is 11.0. The van der Waals surface area contributed by atoms with Crippen LogP contribution in [0.15, 0.2) is 24.3 Å². The molecule has 1 aliphatic rings. The Kier molecular flexibility index (Phi) is 14.2. The third-order valence-corrected chi connectivity index (χ3v) is 4.07. The molecule has 0 amide bonds. The van der Waals surface area contributed by atoms with E-state index in [0.717, 1.165) is 57.8 Å². The fourth-order valence-corrected chi connectivity index (χ4v) is 2.51. The largest absolute Gasteiger partial charge is 0.481 e. The predicted molar refractivity (Wildman–Crippen MR) is 97.9 cm³/mol. The molecule has 4 heteroatoms. The van der Waals surface area contributed by atoms with E-state index < -0.39 is 5.97 Å². The summed E-state index contributed by atoms with van der Waals surface area (Å²) in [4.78, 5) is 20.9. The summed E-state index contributed by atoms with van der Waals surface area (Å²) in [5.74, 6) is 0.194. The van der Waals surface area contributed by atoms with Crippen molar-refractivity contribution in [2.75, 3.05) is 0 Å². The van der Waals surface area contributed by atoms with Gasteiger partial charge in [0, 0.05) is 19.3 Å². The van der Waals surface area contributed by atoms with Crippen molar-refractivity contribution in [1.29, 1.82) is 0 Å². The van der Waals surface area contributed by atoms with Crippen molar-refractivity contribution in [2.24, 2.45) is 5.92 Å². The molecule has 0 aliphatic heterocycles. The van der Waals surface area contributed by atoms with E-state index in [0.29, 0.717) is 11.7 Å². The number of rotatable bonds is 10. The van der Waals surface area contributed by atoms with Crippen molar-refractivity contribution in [3.8, 4) is 0 Å². The normalized spacial score (nSPS) is 18.8. The van der Waals surface area contributed by atoms with Crippen molar-refractivity contribution in [1.82, 2.24) is 0 Å². The summed E-state index contributed by atoms with van der Waals surface area (Å²) < 4.78 is 0. The molecule has 0 aromatic carbocycles. The second-order valence-corrected chi connectivity index (χ2v) is 6.32. The number of aliphatic hydroxyl groups is 1. The zero-order valence-corrected chi connectivity index (χ0v) is 15.2. The van der Waals surface area contributed by atoms with Crippen molar-refractivity contribution >= 4 is 11.8 Å². The molecule has 1 fully saturated rings. The average molecular weight is 338 g/mol. The molecule has 4 nitrogen and oxygen atoms in total. The fraction of sp³-hybridized carbons (Fsp3) is 0.700. The molecule has 24 heavy (non-hydrogen) atoms. The number of hydrogen-bond acceptors (Lipinski definition) is 3. The maximum Gasteiger partial charge on any atom is 0.303 e. The van der Waals surface area contributed by atoms with Gasteiger partial charge in [-0.25, -0.2) is 0 Å². The van der Waals surface area contributed by atoms with Crippen LogP contribution < -0.4 is 0 Å². The van der Waals surface area contributed by atoms with Gasteiger partial charge in [0.25, 0.3) is 0 Å². The van der Waals surface area contributed by atoms with Crippen LogP contribution in [0.25, 0.3) is 0 Å². The zero-order valence-electron chi connectivity index (χ0n) is 15.2. The minimum absolute atomic E-state index is 0.133. The lowest BCUT2D eigenvalue weighted by atomic mass is 10.1. The molecule has 1 saturated carbocycles. The van der Waals surface area contributed by atoms with Gasteiger partial charge in [0.05, 0.1) is 6.10 Å². The highest BCUT2D eigenvalue weighted by molar-refractivity contribution is 5.80. The lowest BCUT2D eigenvalue weighted by Gasteiger charge is -2.05. The number of hydrogen-bond donors (Lipinski definition) is 2. The van der Waals surface area contributed by atoms with Crippen LogP contribution >= 0.6 is 0 Å². The van der Waals surface area contributed by atoms with Gasteiger partial charge >= 0.3 is 5.97 Å². The second-order valence-electron chi connectivity index (χ2n) is 6.32. The van der Waals surface area contributed by atoms with Crippen molar-refractivity contribution < 1.29 is 19.8 Å². The Bertz CT molecular complexity index is 398. The first-order valence-corrected chi connectivity index (χ1v) is 9.18. The third kappa shape index (κ3) is 14.2. The van der Waals surface area contributed by atoms with E-state index in [4.69, 9.17) is 5.11 Å². The molecule has 2 atom stereocenters. The molecule has 1 rings (SSSR count). The van der Waals surface area contributed by atoms with E-state index in [2.05, 4.69) is 12.2 Å². The number of unbranched alkanes of at least 4 members (excludes halogenated alkanes) is 2. The van der Waals surface area contributed by atoms with Gasteiger partial charge in [-0.3, -0.25) is 9.59 Å². The fourth-order valence-electron chi connectivity index (χ4n) is 2.51. The molecule has 138 valence electrons. The first-order valence-electron chi connectivity index (χ1n) is 9.18. The lowest BCUT2D eigenvalue weighted by molar-refractivity contribution is -0.137. The molecule has 0 saturated heterocycles. The van der Waals surface area contributed by atoms with Crippen LogP contribution in [0.3, 0.4) is 0 Å². The van der Waals surface area contributed by atoms with Crippen LogP contribution in [-0.2, 0) is 9.59 Å². The Morgan fingerprint density at radius 3 is 2.54 bits per heavy atom. The Hall–Kier alpha value is -1.42. The SMILES string of the molecule is C/C=C\CCCC(=O)O.CCC(O)CCC/C=C/C1CCC(=O)C1. The number of carboxylic acids is 1. The molecule has 2 unspecified atom stereocenters. The summed E-state index contributed by atoms with van der Waals surface area (Å²) in [6.07, 6.45) is 16.4. The highest BCUT2D eigenvalue weighted by atomic mass is 16.4. The number of aliphatic hydroxyl groups excluding tert-OH is 1. The number of carboxylic acid groups (broad SMARTS) is 1. The third-order valence-electron chi connectivity index (χ3n) is 4.07. The number of carbonyl (C=O) groups is 2. The van der Waals surface area contributed by atoms with Crippen LogP contribution in [-0.4, -0.2) is 28.1 Å². The zero-order chi connectivity index (χ0) is 18.2. The summed E-state index contributed by atoms with van der Waals surface area (Å²) in [6, 6.07) is 0. The van der Waals surface area contributed by atoms with Crippen LogP contribution in [0.2, 0.25) is 0 Å². The summed E-state index contributed by atoms with van der Waals surface area (Å²) in [7, 11) is 0. The minimum atomic E-state index is -0.709. The van der Waals surface area contributed by atoms with Crippen LogP contribution in [0.4, 0.5) is 0 Å². The number of carbonyl (C=O) groups excluding carboxylic acids is 1. The van der Waals surface area contributed by atoms with Gasteiger partial charge in [-0.05, 0) is 57.8 Å². The summed E-state index contributed by atoms with van der Waals surface area (Å²) in [5, 5.41) is 17.5. The molecular formula is C20H34O4. The van der Waals surface area contributed by atoms with Crippen LogP contribution in [0.5, 0.6) is 0 Å². The van der Waals surface area contributed by atoms with Crippen LogP contribution in [0.1, 0.15) is 78.1 Å². The van der Waals surface area contributed by atoms with Crippen molar-refractivity contribution in [3.63, 3.8) is 0 Å². The molecule has 0 aromatic rings. The van der Waals surface area contributed by atoms with Gasteiger partial charge in [-0.2, -0.15) is 0 Å². The molecule has 0 bridgehead atoms. The van der Waals surface area contributed by atoms with E-state index in [-0.39, 0.29) is 12.5 Å². The predicted octanol–water partition coefficient (Wildman–Crippen LogP) is 4.67. The maximum atomic E-state index is 11.0. The standard InChI is InChI=1S/C13H22O2.C7H12O2/c1-2-12(14)7-5-3-4-6-11-8-9-13(15)10-11;1-2-3-4-5-6-7(8)9/h4,6,11-12,14H,2-3,5,7-10H2,1H3;2-3H,4-6H2,1H3,(H,8,9)/b6-4+;3-2-. The molecule has 0 radical (unpaired) electrons. The number of Topliss-reactive ketones (excluding diaryl/α,β-unsaturated/α-hetero) is 1. The average Bonchev–Trinajstić information content (AvgIpc) is 2.97. The van der Waals surface area contributed by atoms with Gasteiger partial charge in [0.1, 0.15) is 5.78 Å². The number of aliphatic carboxylic acids is 1. The Morgan fingerprint density at radius 1 is 1.29 bits per heavy atom. The molecule has 0 heterocycles. The summed E-state index contributed by atoms with van der Waals surface area (Å²) in [5.41, 5.74) is 0. The number of ketones is 1. The first kappa shape index (κ1) is 22.6. The lowest BCUT2D eigenvalue weighted by Crippen LogP contribution is -2.02. The Labute approximate surface area is 146 Å². The highest BCUT2D eigenvalue weighted by Crippen LogP contribution is 2.23. The van der Waals surface area contributed by atoms with E-state index in [1.807, 2.05) is 26.0 Å². The van der Waals surface area contributed by atoms with Gasteiger partial charge in [0.15, 0.2) is 0 Å². The highest BCUT2D eigenvalue weighted by Gasteiger charge is 2.18. The first-order chi connectivity index (χ1) is 11.5. The molecule has 0 aromatic heterocycles. The van der Waals surface area contributed by atoms with E-state index >= 15 is 0 Å². The van der Waals surface area contributed by atoms with Gasteiger partial charge in [0.2, 0.25) is 0 Å². The van der Waals surface area contributed by atoms with E-state index in [1.54, 1.807) is 0 Å². The van der Waals surface area contributed by atoms with Crippen LogP contribution in [0, 0.1) is 5.92 Å². The minimum Gasteiger partial charge on any atom is -0.481 e. The topological polar surface area (TPSA) is 74.6 Å². The van der Waals surface area contributed by atoms with Crippen molar-refractivity contribution in [3.05, 3.63) is 24.3 Å². The van der Waals surface area contributed by atoms with E-state index in [9.17, 15) is 14.7 Å². The monoisotopic (exact) mass is 338 g/mol. The Morgan fingerprint density at radius 2 is 2.00 bits per heavy atom. The van der Waals surface area contributed by atoms with Gasteiger partial charge < -0.3 is 10.2 Å². The molecule has 1 aliphatic carbocycles. The smallest absolute Gasteiger partial charge is 0.303 e. The van der Waals surface area contributed by atoms with Crippen molar-refractivity contribution in [2.45, 2.75) is 84.2 Å². The molecular weight excluding hydrogens is 304 g/mol. The summed E-state index contributed by atoms with van der Waals surface area (Å²) >= 11 is 0. The molecule has 0 spiro atoms. The number of allylic oxidation sites excluding steroid dienone is 4. The second kappa shape index (κ2) is 15.1. The molecule has 2 N–H and O–H groups in total. The Balaban J connectivity index is 0.000000506. The van der Waals surface area contributed by atoms with Gasteiger partial charge in [-0.1, -0.05) is 31.2 Å².